The molecule has 5 nitrogen and oxygen atoms in total. The van der Waals surface area contributed by atoms with Crippen LogP contribution in [-0.4, -0.2) is 22.4 Å². The minimum absolute atomic E-state index is 0.0381. The van der Waals surface area contributed by atoms with E-state index in [1.54, 1.807) is 13.8 Å². The Morgan fingerprint density at radius 3 is 2.79 bits per heavy atom. The maximum atomic E-state index is 11.7. The largest absolute Gasteiger partial charge is 0.356 e. The topological polar surface area (TPSA) is 74.8 Å². The minimum atomic E-state index is -0.147. The van der Waals surface area contributed by atoms with Gasteiger partial charge in [0.1, 0.15) is 5.82 Å². The summed E-state index contributed by atoms with van der Waals surface area (Å²) in [6.07, 6.45) is 5.51. The van der Waals surface area contributed by atoms with Gasteiger partial charge in [-0.15, -0.1) is 0 Å². The number of rotatable bonds is 6. The first kappa shape index (κ1) is 15.1. The lowest BCUT2D eigenvalue weighted by Gasteiger charge is -2.06. The summed E-state index contributed by atoms with van der Waals surface area (Å²) in [5.74, 6) is 0.561. The molecule has 1 rings (SSSR count). The van der Waals surface area contributed by atoms with E-state index in [9.17, 15) is 9.59 Å². The Hall–Kier alpha value is -1.91. The molecule has 0 aliphatic rings. The summed E-state index contributed by atoms with van der Waals surface area (Å²) in [5, 5.41) is 2.82. The summed E-state index contributed by atoms with van der Waals surface area (Å²) in [6.45, 7) is 6.11. The standard InChI is InChI=1S/C14H21N3O2/c1-4-5-6-9-15-13(18)8-7-12-10(2)16-11(3)17-14(12)19/h4-5H,6-9H2,1-3H3,(H,15,18)(H,16,17,19)/b5-4+. The molecular formula is C14H21N3O2. The van der Waals surface area contributed by atoms with Gasteiger partial charge in [-0.05, 0) is 33.6 Å². The molecule has 0 fully saturated rings. The van der Waals surface area contributed by atoms with Crippen LogP contribution in [0.2, 0.25) is 0 Å². The fraction of sp³-hybridized carbons (Fsp3) is 0.500. The number of hydrogen-bond donors (Lipinski definition) is 2. The lowest BCUT2D eigenvalue weighted by atomic mass is 10.1. The number of H-pyrrole nitrogens is 1. The van der Waals surface area contributed by atoms with E-state index in [0.29, 0.717) is 36.5 Å². The number of allylic oxidation sites excluding steroid dienone is 1. The van der Waals surface area contributed by atoms with Crippen molar-refractivity contribution in [2.75, 3.05) is 6.54 Å². The first-order valence-electron chi connectivity index (χ1n) is 6.49. The molecule has 2 N–H and O–H groups in total. The van der Waals surface area contributed by atoms with Crippen molar-refractivity contribution >= 4 is 5.91 Å². The van der Waals surface area contributed by atoms with Crippen LogP contribution >= 0.6 is 0 Å². The number of nitrogens with one attached hydrogen (secondary N) is 2. The number of amides is 1. The zero-order valence-corrected chi connectivity index (χ0v) is 11.7. The van der Waals surface area contributed by atoms with Crippen LogP contribution in [0.1, 0.15) is 36.8 Å². The van der Waals surface area contributed by atoms with Crippen molar-refractivity contribution in [3.8, 4) is 0 Å². The van der Waals surface area contributed by atoms with Crippen molar-refractivity contribution in [3.05, 3.63) is 39.6 Å². The molecule has 19 heavy (non-hydrogen) atoms. The summed E-state index contributed by atoms with van der Waals surface area (Å²) < 4.78 is 0. The highest BCUT2D eigenvalue weighted by molar-refractivity contribution is 5.76. The molecule has 0 saturated heterocycles. The Kier molecular flexibility index (Phi) is 5.99. The van der Waals surface area contributed by atoms with Crippen molar-refractivity contribution in [2.45, 2.75) is 40.0 Å². The van der Waals surface area contributed by atoms with Gasteiger partial charge in [0.15, 0.2) is 0 Å². The van der Waals surface area contributed by atoms with Gasteiger partial charge >= 0.3 is 0 Å². The predicted molar refractivity (Wildman–Crippen MR) is 75.1 cm³/mol. The van der Waals surface area contributed by atoms with Crippen LogP contribution in [0.3, 0.4) is 0 Å². The van der Waals surface area contributed by atoms with E-state index in [0.717, 1.165) is 6.42 Å². The van der Waals surface area contributed by atoms with Gasteiger partial charge in [0.2, 0.25) is 5.91 Å². The lowest BCUT2D eigenvalue weighted by Crippen LogP contribution is -2.26. The number of carbonyl (C=O) groups is 1. The second-order valence-electron chi connectivity index (χ2n) is 4.42. The second kappa shape index (κ2) is 7.51. The molecule has 1 heterocycles. The SMILES string of the molecule is C/C=C/CCNC(=O)CCc1c(C)nc(C)[nH]c1=O. The molecule has 0 radical (unpaired) electrons. The fourth-order valence-electron chi connectivity index (χ4n) is 1.83. The molecule has 1 amide bonds. The van der Waals surface area contributed by atoms with Crippen molar-refractivity contribution in [1.82, 2.24) is 15.3 Å². The quantitative estimate of drug-likeness (QED) is 0.602. The van der Waals surface area contributed by atoms with Crippen LogP contribution in [0, 0.1) is 13.8 Å². The molecule has 1 aromatic rings. The number of aromatic nitrogens is 2. The predicted octanol–water partition coefficient (Wildman–Crippen LogP) is 1.40. The second-order valence-corrected chi connectivity index (χ2v) is 4.42. The average molecular weight is 263 g/mol. The molecular weight excluding hydrogens is 242 g/mol. The van der Waals surface area contributed by atoms with Gasteiger partial charge in [-0.25, -0.2) is 4.98 Å². The van der Waals surface area contributed by atoms with Gasteiger partial charge in [-0.1, -0.05) is 12.2 Å². The Morgan fingerprint density at radius 2 is 2.16 bits per heavy atom. The van der Waals surface area contributed by atoms with Gasteiger partial charge in [0.05, 0.1) is 0 Å². The first-order valence-corrected chi connectivity index (χ1v) is 6.49. The first-order chi connectivity index (χ1) is 9.04. The van der Waals surface area contributed by atoms with Crippen molar-refractivity contribution in [3.63, 3.8) is 0 Å². The highest BCUT2D eigenvalue weighted by Crippen LogP contribution is 2.02. The van der Waals surface area contributed by atoms with Crippen LogP contribution in [-0.2, 0) is 11.2 Å². The average Bonchev–Trinajstić information content (AvgIpc) is 2.33. The van der Waals surface area contributed by atoms with Crippen LogP contribution < -0.4 is 10.9 Å². The minimum Gasteiger partial charge on any atom is -0.356 e. The monoisotopic (exact) mass is 263 g/mol. The summed E-state index contributed by atoms with van der Waals surface area (Å²) in [4.78, 5) is 30.2. The Bertz CT molecular complexity index is 518. The maximum Gasteiger partial charge on any atom is 0.254 e. The van der Waals surface area contributed by atoms with Gasteiger partial charge < -0.3 is 10.3 Å². The van der Waals surface area contributed by atoms with E-state index in [1.807, 2.05) is 19.1 Å². The maximum absolute atomic E-state index is 11.7. The van der Waals surface area contributed by atoms with Crippen LogP contribution in [0.5, 0.6) is 0 Å². The van der Waals surface area contributed by atoms with Gasteiger partial charge in [-0.3, -0.25) is 9.59 Å². The van der Waals surface area contributed by atoms with E-state index >= 15 is 0 Å². The molecule has 0 aliphatic heterocycles. The number of carbonyl (C=O) groups excluding carboxylic acids is 1. The highest BCUT2D eigenvalue weighted by Gasteiger charge is 2.09. The van der Waals surface area contributed by atoms with E-state index < -0.39 is 0 Å². The highest BCUT2D eigenvalue weighted by atomic mass is 16.1. The molecule has 0 aliphatic carbocycles. The van der Waals surface area contributed by atoms with Crippen LogP contribution in [0.25, 0.3) is 0 Å². The third-order valence-corrected chi connectivity index (χ3v) is 2.81. The van der Waals surface area contributed by atoms with Crippen molar-refractivity contribution < 1.29 is 4.79 Å². The number of aromatic amines is 1. The molecule has 0 unspecified atom stereocenters. The Morgan fingerprint density at radius 1 is 1.42 bits per heavy atom. The molecule has 0 bridgehead atoms. The fourth-order valence-corrected chi connectivity index (χ4v) is 1.83. The number of aryl methyl sites for hydroxylation is 2. The normalized spacial score (nSPS) is 10.9. The molecule has 104 valence electrons. The summed E-state index contributed by atoms with van der Waals surface area (Å²) in [6, 6.07) is 0. The zero-order chi connectivity index (χ0) is 14.3. The van der Waals surface area contributed by atoms with Crippen molar-refractivity contribution in [2.24, 2.45) is 0 Å². The van der Waals surface area contributed by atoms with Crippen LogP contribution in [0.4, 0.5) is 0 Å². The van der Waals surface area contributed by atoms with Gasteiger partial charge in [0.25, 0.3) is 5.56 Å². The number of hydrogen-bond acceptors (Lipinski definition) is 3. The summed E-state index contributed by atoms with van der Waals surface area (Å²) in [5.41, 5.74) is 1.14. The lowest BCUT2D eigenvalue weighted by molar-refractivity contribution is -0.121. The van der Waals surface area contributed by atoms with Gasteiger partial charge in [0, 0.05) is 24.2 Å². The van der Waals surface area contributed by atoms with Crippen molar-refractivity contribution in [1.29, 1.82) is 0 Å². The Labute approximate surface area is 113 Å². The Balaban J connectivity index is 2.49. The number of nitrogens with zero attached hydrogens (tertiary/aromatic N) is 1. The smallest absolute Gasteiger partial charge is 0.254 e. The van der Waals surface area contributed by atoms with Crippen LogP contribution in [0.15, 0.2) is 16.9 Å². The third-order valence-electron chi connectivity index (χ3n) is 2.81. The van der Waals surface area contributed by atoms with E-state index in [2.05, 4.69) is 15.3 Å². The molecule has 0 atom stereocenters. The molecule has 5 heteroatoms. The van der Waals surface area contributed by atoms with E-state index in [4.69, 9.17) is 0 Å². The zero-order valence-electron chi connectivity index (χ0n) is 11.7. The van der Waals surface area contributed by atoms with E-state index in [1.165, 1.54) is 0 Å². The molecule has 0 aromatic carbocycles. The summed E-state index contributed by atoms with van der Waals surface area (Å²) in [7, 11) is 0. The third kappa shape index (κ3) is 5.07. The molecule has 0 saturated carbocycles. The summed E-state index contributed by atoms with van der Waals surface area (Å²) >= 11 is 0. The van der Waals surface area contributed by atoms with Gasteiger partial charge in [-0.2, -0.15) is 0 Å². The van der Waals surface area contributed by atoms with E-state index in [-0.39, 0.29) is 11.5 Å². The molecule has 0 spiro atoms. The molecule has 1 aromatic heterocycles.